The topological polar surface area (TPSA) is 26.8 Å². The number of benzene rings is 2. The zero-order valence-electron chi connectivity index (χ0n) is 17.1. The van der Waals surface area contributed by atoms with Crippen LogP contribution >= 0.6 is 0 Å². The van der Waals surface area contributed by atoms with Crippen LogP contribution in [0.2, 0.25) is 0 Å². The number of hydrogen-bond acceptors (Lipinski definition) is 4. The molecule has 0 saturated heterocycles. The van der Waals surface area contributed by atoms with Crippen molar-refractivity contribution in [1.82, 2.24) is 9.80 Å². The van der Waals surface area contributed by atoms with E-state index in [-0.39, 0.29) is 5.78 Å². The molecule has 2 rings (SSSR count). The Labute approximate surface area is 163 Å². The highest BCUT2D eigenvalue weighted by Gasteiger charge is 2.10. The molecule has 0 aliphatic carbocycles. The molecule has 0 N–H and O–H groups in total. The molecule has 0 atom stereocenters. The number of nitrogens with zero attached hydrogens (tertiary/aromatic N) is 3. The second-order valence-electron chi connectivity index (χ2n) is 7.38. The van der Waals surface area contributed by atoms with Gasteiger partial charge in [-0.05, 0) is 57.5 Å². The number of para-hydroxylation sites is 1. The van der Waals surface area contributed by atoms with Gasteiger partial charge in [0.1, 0.15) is 0 Å². The molecule has 0 heterocycles. The van der Waals surface area contributed by atoms with Crippen LogP contribution in [-0.4, -0.2) is 63.9 Å². The van der Waals surface area contributed by atoms with Gasteiger partial charge in [-0.1, -0.05) is 42.5 Å². The third kappa shape index (κ3) is 6.35. The lowest BCUT2D eigenvalue weighted by Crippen LogP contribution is -2.28. The van der Waals surface area contributed by atoms with E-state index < -0.39 is 0 Å². The summed E-state index contributed by atoms with van der Waals surface area (Å²) >= 11 is 0. The molecule has 0 saturated carbocycles. The lowest BCUT2D eigenvalue weighted by atomic mass is 10.0. The molecule has 2 aromatic rings. The first-order valence-corrected chi connectivity index (χ1v) is 9.28. The molecule has 2 aromatic carbocycles. The fourth-order valence-electron chi connectivity index (χ4n) is 2.94. The summed E-state index contributed by atoms with van der Waals surface area (Å²) < 4.78 is 0. The Hall–Kier alpha value is -2.43. The molecule has 4 nitrogen and oxygen atoms in total. The van der Waals surface area contributed by atoms with Crippen molar-refractivity contribution in [1.29, 1.82) is 0 Å². The average molecular weight is 366 g/mol. The van der Waals surface area contributed by atoms with E-state index in [9.17, 15) is 4.79 Å². The normalized spacial score (nSPS) is 11.5. The van der Waals surface area contributed by atoms with Crippen molar-refractivity contribution in [3.8, 4) is 0 Å². The second-order valence-corrected chi connectivity index (χ2v) is 7.38. The van der Waals surface area contributed by atoms with E-state index in [0.717, 1.165) is 42.0 Å². The minimum absolute atomic E-state index is 0.0400. The van der Waals surface area contributed by atoms with E-state index in [1.54, 1.807) is 6.08 Å². The smallest absolute Gasteiger partial charge is 0.186 e. The number of ketones is 1. The third-order valence-electron chi connectivity index (χ3n) is 4.41. The summed E-state index contributed by atoms with van der Waals surface area (Å²) in [5.74, 6) is 0.0400. The molecule has 0 spiro atoms. The third-order valence-corrected chi connectivity index (χ3v) is 4.41. The molecule has 4 heteroatoms. The van der Waals surface area contributed by atoms with Gasteiger partial charge in [-0.3, -0.25) is 4.79 Å². The van der Waals surface area contributed by atoms with E-state index in [1.165, 1.54) is 0 Å². The number of hydrogen-bond donors (Lipinski definition) is 0. The zero-order valence-corrected chi connectivity index (χ0v) is 17.1. The highest BCUT2D eigenvalue weighted by molar-refractivity contribution is 6.08. The van der Waals surface area contributed by atoms with E-state index in [0.29, 0.717) is 0 Å². The summed E-state index contributed by atoms with van der Waals surface area (Å²) in [6.45, 7) is 2.66. The molecule has 0 aliphatic heterocycles. The summed E-state index contributed by atoms with van der Waals surface area (Å²) in [7, 11) is 10.3. The van der Waals surface area contributed by atoms with Crippen molar-refractivity contribution in [2.75, 3.05) is 53.2 Å². The van der Waals surface area contributed by atoms with Crippen molar-refractivity contribution in [3.63, 3.8) is 0 Å². The quantitative estimate of drug-likeness (QED) is 0.501. The molecule has 0 unspecified atom stereocenters. The molecule has 144 valence electrons. The summed E-state index contributed by atoms with van der Waals surface area (Å²) in [5.41, 5.74) is 4.00. The molecule has 0 bridgehead atoms. The van der Waals surface area contributed by atoms with Gasteiger partial charge < -0.3 is 14.7 Å². The average Bonchev–Trinajstić information content (AvgIpc) is 2.64. The maximum Gasteiger partial charge on any atom is 0.186 e. The Morgan fingerprint density at radius 1 is 0.852 bits per heavy atom. The standard InChI is InChI=1S/C23H31N3O/c1-24(2)16-17-26(5)22-13-9-7-10-19(22)14-15-23(27)21-12-8-6-11-20(21)18-25(3)4/h6-15H,16-18H2,1-5H3/b15-14+. The number of carbonyl (C=O) groups is 1. The van der Waals surface area contributed by atoms with Crippen LogP contribution in [0.3, 0.4) is 0 Å². The molecule has 0 aromatic heterocycles. The Bertz CT molecular complexity index is 781. The Balaban J connectivity index is 2.20. The first-order chi connectivity index (χ1) is 12.9. The minimum Gasteiger partial charge on any atom is -0.373 e. The Morgan fingerprint density at radius 2 is 1.52 bits per heavy atom. The van der Waals surface area contributed by atoms with Crippen LogP contribution in [-0.2, 0) is 6.54 Å². The van der Waals surface area contributed by atoms with Crippen LogP contribution in [0.4, 0.5) is 5.69 Å². The first kappa shape index (κ1) is 20.9. The monoisotopic (exact) mass is 365 g/mol. The second kappa shape index (κ2) is 10.0. The number of carbonyl (C=O) groups excluding carboxylic acids is 1. The van der Waals surface area contributed by atoms with Gasteiger partial charge in [0, 0.05) is 37.9 Å². The summed E-state index contributed by atoms with van der Waals surface area (Å²) in [6, 6.07) is 16.0. The number of allylic oxidation sites excluding steroid dienone is 1. The van der Waals surface area contributed by atoms with Gasteiger partial charge in [-0.2, -0.15) is 0 Å². The van der Waals surface area contributed by atoms with Gasteiger partial charge in [-0.25, -0.2) is 0 Å². The van der Waals surface area contributed by atoms with Crippen LogP contribution in [0.1, 0.15) is 21.5 Å². The number of likely N-dealkylation sites (N-methyl/N-ethyl adjacent to an activating group) is 2. The molecular weight excluding hydrogens is 334 g/mol. The SMILES string of the molecule is CN(C)CCN(C)c1ccccc1/C=C/C(=O)c1ccccc1CN(C)C. The van der Waals surface area contributed by atoms with Crippen molar-refractivity contribution in [2.24, 2.45) is 0 Å². The lowest BCUT2D eigenvalue weighted by molar-refractivity contribution is 0.104. The van der Waals surface area contributed by atoms with Crippen LogP contribution in [0, 0.1) is 0 Å². The van der Waals surface area contributed by atoms with Crippen molar-refractivity contribution in [3.05, 3.63) is 71.3 Å². The molecule has 27 heavy (non-hydrogen) atoms. The molecular formula is C23H31N3O. The summed E-state index contributed by atoms with van der Waals surface area (Å²) in [5, 5.41) is 0. The van der Waals surface area contributed by atoms with Gasteiger partial charge in [-0.15, -0.1) is 0 Å². The Morgan fingerprint density at radius 3 is 2.22 bits per heavy atom. The summed E-state index contributed by atoms with van der Waals surface area (Å²) in [4.78, 5) is 19.3. The fourth-order valence-corrected chi connectivity index (χ4v) is 2.94. The van der Waals surface area contributed by atoms with Crippen LogP contribution in [0.15, 0.2) is 54.6 Å². The lowest BCUT2D eigenvalue weighted by Gasteiger charge is -2.23. The fraction of sp³-hybridized carbons (Fsp3) is 0.348. The van der Waals surface area contributed by atoms with Crippen molar-refractivity contribution < 1.29 is 4.79 Å². The largest absolute Gasteiger partial charge is 0.373 e. The van der Waals surface area contributed by atoms with Crippen LogP contribution < -0.4 is 4.90 Å². The van der Waals surface area contributed by atoms with E-state index in [4.69, 9.17) is 0 Å². The van der Waals surface area contributed by atoms with Crippen molar-refractivity contribution >= 4 is 17.5 Å². The van der Waals surface area contributed by atoms with Gasteiger partial charge in [0.2, 0.25) is 0 Å². The van der Waals surface area contributed by atoms with Gasteiger partial charge in [0.05, 0.1) is 0 Å². The minimum atomic E-state index is 0.0400. The molecule has 0 fully saturated rings. The van der Waals surface area contributed by atoms with E-state index >= 15 is 0 Å². The molecule has 0 radical (unpaired) electrons. The van der Waals surface area contributed by atoms with Crippen LogP contribution in [0.25, 0.3) is 6.08 Å². The number of anilines is 1. The molecule has 0 amide bonds. The van der Waals surface area contributed by atoms with Crippen LogP contribution in [0.5, 0.6) is 0 Å². The summed E-state index contributed by atoms with van der Waals surface area (Å²) in [6.07, 6.45) is 3.61. The van der Waals surface area contributed by atoms with Crippen molar-refractivity contribution in [2.45, 2.75) is 6.54 Å². The van der Waals surface area contributed by atoms with E-state index in [2.05, 4.69) is 48.0 Å². The number of rotatable bonds is 9. The molecule has 0 aliphatic rings. The van der Waals surface area contributed by atoms with Gasteiger partial charge in [0.15, 0.2) is 5.78 Å². The predicted octanol–water partition coefficient (Wildman–Crippen LogP) is 3.64. The highest BCUT2D eigenvalue weighted by Crippen LogP contribution is 2.21. The first-order valence-electron chi connectivity index (χ1n) is 9.28. The Kier molecular flexibility index (Phi) is 7.77. The maximum absolute atomic E-state index is 12.8. The van der Waals surface area contributed by atoms with Gasteiger partial charge >= 0.3 is 0 Å². The van der Waals surface area contributed by atoms with Gasteiger partial charge in [0.25, 0.3) is 0 Å². The predicted molar refractivity (Wildman–Crippen MR) is 115 cm³/mol. The maximum atomic E-state index is 12.8. The van der Waals surface area contributed by atoms with E-state index in [1.807, 2.05) is 56.6 Å². The highest BCUT2D eigenvalue weighted by atomic mass is 16.1. The zero-order chi connectivity index (χ0) is 19.8.